The molecule has 2 N–H and O–H groups in total. The highest BCUT2D eigenvalue weighted by Gasteiger charge is 2.22. The summed E-state index contributed by atoms with van der Waals surface area (Å²) in [6.07, 6.45) is 4.28. The molecular formula is C34H50N6O2. The van der Waals surface area contributed by atoms with Gasteiger partial charge in [-0.2, -0.15) is 0 Å². The van der Waals surface area contributed by atoms with Gasteiger partial charge in [0.15, 0.2) is 11.5 Å². The number of likely N-dealkylation sites (tertiary alicyclic amines) is 1. The molecule has 0 unspecified atom stereocenters. The van der Waals surface area contributed by atoms with Crippen LogP contribution in [0.1, 0.15) is 50.7 Å². The Labute approximate surface area is 252 Å². The summed E-state index contributed by atoms with van der Waals surface area (Å²) >= 11 is 0. The molecule has 1 saturated heterocycles. The van der Waals surface area contributed by atoms with E-state index in [1.807, 2.05) is 0 Å². The molecule has 3 aromatic rings. The van der Waals surface area contributed by atoms with E-state index in [0.717, 1.165) is 105 Å². The number of nitrogens with one attached hydrogen (secondary N) is 2. The van der Waals surface area contributed by atoms with Crippen molar-refractivity contribution in [2.45, 2.75) is 64.7 Å². The summed E-state index contributed by atoms with van der Waals surface area (Å²) < 4.78 is 12.1. The fourth-order valence-corrected chi connectivity index (χ4v) is 6.14. The quantitative estimate of drug-likeness (QED) is 0.239. The van der Waals surface area contributed by atoms with Crippen LogP contribution in [0, 0.1) is 0 Å². The third-order valence-electron chi connectivity index (χ3n) is 8.58. The number of ether oxygens (including phenoxy) is 2. The second-order valence-electron chi connectivity index (χ2n) is 12.4. The third-order valence-corrected chi connectivity index (χ3v) is 8.58. The Bertz CT molecular complexity index is 1280. The molecule has 0 radical (unpaired) electrons. The summed E-state index contributed by atoms with van der Waals surface area (Å²) in [5.74, 6) is 2.40. The van der Waals surface area contributed by atoms with Gasteiger partial charge >= 0.3 is 0 Å². The fraction of sp³-hybridized carbons (Fsp3) is 0.559. The Hall–Kier alpha value is -3.07. The lowest BCUT2D eigenvalue weighted by Crippen LogP contribution is -2.42. The molecule has 0 atom stereocenters. The van der Waals surface area contributed by atoms with Crippen LogP contribution in [0.5, 0.6) is 11.5 Å². The Kier molecular flexibility index (Phi) is 10.4. The first-order chi connectivity index (χ1) is 20.4. The van der Waals surface area contributed by atoms with E-state index < -0.39 is 0 Å². The predicted molar refractivity (Wildman–Crippen MR) is 174 cm³/mol. The van der Waals surface area contributed by atoms with Crippen LogP contribution in [0.3, 0.4) is 0 Å². The van der Waals surface area contributed by atoms with E-state index in [1.54, 1.807) is 7.11 Å². The normalized spacial score (nSPS) is 16.4. The number of pyridine rings is 1. The van der Waals surface area contributed by atoms with Gasteiger partial charge in [0.2, 0.25) is 0 Å². The van der Waals surface area contributed by atoms with Crippen LogP contribution in [0.2, 0.25) is 0 Å². The van der Waals surface area contributed by atoms with Crippen molar-refractivity contribution in [2.24, 2.45) is 0 Å². The third kappa shape index (κ3) is 7.85. The molecule has 0 aliphatic carbocycles. The Morgan fingerprint density at radius 1 is 1.00 bits per heavy atom. The van der Waals surface area contributed by atoms with Gasteiger partial charge in [0, 0.05) is 74.6 Å². The second kappa shape index (κ2) is 14.4. The van der Waals surface area contributed by atoms with E-state index in [4.69, 9.17) is 14.5 Å². The number of benzene rings is 2. The molecule has 2 aliphatic rings. The lowest BCUT2D eigenvalue weighted by Gasteiger charge is -2.35. The standard InChI is InChI=1S/C34H50N6O2/c1-25(2)40-17-12-28(13-18-40)36-31-22-34(35-14-8-15-38(3)4)37-30-21-33(32(41-5)20-29(30)31)42-19-9-16-39-23-26-10-6-7-11-27(26)24-39/h6-7,10-11,20-22,25,28H,8-9,12-19,23-24H2,1-5H3,(H2,35,36,37). The lowest BCUT2D eigenvalue weighted by atomic mass is 10.0. The summed E-state index contributed by atoms with van der Waals surface area (Å²) in [6.45, 7) is 12.4. The van der Waals surface area contributed by atoms with E-state index in [2.05, 4.69) is 95.7 Å². The maximum Gasteiger partial charge on any atom is 0.163 e. The average molecular weight is 575 g/mol. The van der Waals surface area contributed by atoms with Gasteiger partial charge in [0.05, 0.1) is 19.2 Å². The number of anilines is 2. The van der Waals surface area contributed by atoms with Crippen LogP contribution >= 0.6 is 0 Å². The highest BCUT2D eigenvalue weighted by atomic mass is 16.5. The van der Waals surface area contributed by atoms with Crippen molar-refractivity contribution in [3.05, 3.63) is 53.6 Å². The molecule has 0 spiro atoms. The Morgan fingerprint density at radius 3 is 2.40 bits per heavy atom. The zero-order chi connectivity index (χ0) is 29.5. The van der Waals surface area contributed by atoms with E-state index in [-0.39, 0.29) is 0 Å². The monoisotopic (exact) mass is 574 g/mol. The van der Waals surface area contributed by atoms with Gasteiger partial charge in [-0.1, -0.05) is 24.3 Å². The molecule has 8 heteroatoms. The summed E-state index contributed by atoms with van der Waals surface area (Å²) in [7, 11) is 5.94. The highest BCUT2D eigenvalue weighted by Crippen LogP contribution is 2.37. The van der Waals surface area contributed by atoms with Crippen molar-refractivity contribution in [1.29, 1.82) is 0 Å². The minimum Gasteiger partial charge on any atom is -0.493 e. The molecule has 8 nitrogen and oxygen atoms in total. The van der Waals surface area contributed by atoms with Gasteiger partial charge in [-0.15, -0.1) is 0 Å². The van der Waals surface area contributed by atoms with Crippen molar-refractivity contribution in [3.8, 4) is 11.5 Å². The van der Waals surface area contributed by atoms with Crippen LogP contribution in [-0.4, -0.2) is 92.3 Å². The van der Waals surface area contributed by atoms with Crippen LogP contribution in [0.4, 0.5) is 11.5 Å². The SMILES string of the molecule is COc1cc2c(NC3CCN(C(C)C)CC3)cc(NCCCN(C)C)nc2cc1OCCCN1Cc2ccccc2C1. The smallest absolute Gasteiger partial charge is 0.163 e. The number of fused-ring (bicyclic) bond motifs is 2. The predicted octanol–water partition coefficient (Wildman–Crippen LogP) is 5.68. The first kappa shape index (κ1) is 30.4. The number of hydrogen-bond acceptors (Lipinski definition) is 8. The maximum atomic E-state index is 6.32. The first-order valence-corrected chi connectivity index (χ1v) is 15.7. The molecule has 5 rings (SSSR count). The average Bonchev–Trinajstić information content (AvgIpc) is 3.40. The van der Waals surface area contributed by atoms with Crippen LogP contribution < -0.4 is 20.1 Å². The maximum absolute atomic E-state index is 6.32. The molecule has 228 valence electrons. The van der Waals surface area contributed by atoms with Gasteiger partial charge in [-0.05, 0) is 77.4 Å². The molecule has 2 aliphatic heterocycles. The van der Waals surface area contributed by atoms with Crippen molar-refractivity contribution in [3.63, 3.8) is 0 Å². The lowest BCUT2D eigenvalue weighted by molar-refractivity contribution is 0.177. The van der Waals surface area contributed by atoms with Crippen LogP contribution in [0.15, 0.2) is 42.5 Å². The largest absolute Gasteiger partial charge is 0.493 e. The number of piperidine rings is 1. The number of rotatable bonds is 14. The molecule has 0 saturated carbocycles. The molecule has 3 heterocycles. The fourth-order valence-electron chi connectivity index (χ4n) is 6.14. The zero-order valence-electron chi connectivity index (χ0n) is 26.3. The minimum absolute atomic E-state index is 0.436. The topological polar surface area (TPSA) is 65.1 Å². The molecule has 0 amide bonds. The summed E-state index contributed by atoms with van der Waals surface area (Å²) in [5.41, 5.74) is 4.92. The number of hydrogen-bond donors (Lipinski definition) is 2. The summed E-state index contributed by atoms with van der Waals surface area (Å²) in [5, 5.41) is 8.51. The summed E-state index contributed by atoms with van der Waals surface area (Å²) in [6, 6.07) is 16.1. The van der Waals surface area contributed by atoms with Crippen molar-refractivity contribution in [2.75, 3.05) is 71.2 Å². The summed E-state index contributed by atoms with van der Waals surface area (Å²) in [4.78, 5) is 12.3. The van der Waals surface area contributed by atoms with Gasteiger partial charge in [-0.3, -0.25) is 4.90 Å². The van der Waals surface area contributed by atoms with E-state index in [0.29, 0.717) is 18.7 Å². The van der Waals surface area contributed by atoms with Gasteiger partial charge in [0.1, 0.15) is 5.82 Å². The molecule has 0 bridgehead atoms. The molecule has 2 aromatic carbocycles. The molecule has 1 aromatic heterocycles. The Balaban J connectivity index is 1.28. The first-order valence-electron chi connectivity index (χ1n) is 15.7. The van der Waals surface area contributed by atoms with Gasteiger partial charge in [0.25, 0.3) is 0 Å². The highest BCUT2D eigenvalue weighted by molar-refractivity contribution is 5.95. The molecule has 42 heavy (non-hydrogen) atoms. The Morgan fingerprint density at radius 2 is 1.74 bits per heavy atom. The number of methoxy groups -OCH3 is 1. The van der Waals surface area contributed by atoms with E-state index >= 15 is 0 Å². The second-order valence-corrected chi connectivity index (χ2v) is 12.4. The van der Waals surface area contributed by atoms with E-state index in [9.17, 15) is 0 Å². The minimum atomic E-state index is 0.436. The van der Waals surface area contributed by atoms with E-state index in [1.165, 1.54) is 11.1 Å². The van der Waals surface area contributed by atoms with Crippen molar-refractivity contribution in [1.82, 2.24) is 19.7 Å². The van der Waals surface area contributed by atoms with Crippen LogP contribution in [-0.2, 0) is 13.1 Å². The van der Waals surface area contributed by atoms with Crippen molar-refractivity contribution >= 4 is 22.4 Å². The van der Waals surface area contributed by atoms with Gasteiger partial charge < -0.3 is 29.9 Å². The van der Waals surface area contributed by atoms with Crippen molar-refractivity contribution < 1.29 is 9.47 Å². The number of nitrogens with zero attached hydrogens (tertiary/aromatic N) is 4. The van der Waals surface area contributed by atoms with Crippen LogP contribution in [0.25, 0.3) is 10.9 Å². The molecule has 1 fully saturated rings. The number of aromatic nitrogens is 1. The van der Waals surface area contributed by atoms with Gasteiger partial charge in [-0.25, -0.2) is 4.98 Å². The molecular weight excluding hydrogens is 524 g/mol. The zero-order valence-corrected chi connectivity index (χ0v) is 26.3.